The number of allylic oxidation sites excluding steroid dienone is 2. The van der Waals surface area contributed by atoms with E-state index in [1.807, 2.05) is 0 Å². The van der Waals surface area contributed by atoms with Crippen molar-refractivity contribution in [3.8, 4) is 0 Å². The largest absolute Gasteiger partial charge is 0.481 e. The van der Waals surface area contributed by atoms with Crippen LogP contribution in [0.2, 0.25) is 0 Å². The van der Waals surface area contributed by atoms with Gasteiger partial charge in [-0.25, -0.2) is 0 Å². The summed E-state index contributed by atoms with van der Waals surface area (Å²) in [5.74, 6) is -0.664. The van der Waals surface area contributed by atoms with Gasteiger partial charge in [0.1, 0.15) is 0 Å². The maximum atomic E-state index is 10.3. The Labute approximate surface area is 157 Å². The van der Waals surface area contributed by atoms with Crippen molar-refractivity contribution >= 4 is 5.97 Å². The smallest absolute Gasteiger partial charge is 0.303 e. The predicted octanol–water partition coefficient (Wildman–Crippen LogP) is 6.11. The van der Waals surface area contributed by atoms with Gasteiger partial charge < -0.3 is 5.11 Å². The molecule has 0 fully saturated rings. The van der Waals surface area contributed by atoms with Gasteiger partial charge in [0.15, 0.2) is 0 Å². The average Bonchev–Trinajstić information content (AvgIpc) is 2.43. The van der Waals surface area contributed by atoms with Crippen LogP contribution in [0.25, 0.3) is 0 Å². The van der Waals surface area contributed by atoms with E-state index in [1.54, 1.807) is 0 Å². The molecular weight excluding hydrogens is 337 g/mol. The maximum absolute atomic E-state index is 10.3. The Balaban J connectivity index is 0. The molecule has 0 heterocycles. The summed E-state index contributed by atoms with van der Waals surface area (Å²) in [6.45, 7) is 2.26. The number of unbranched alkanes of at least 4 members (excludes halogenated alkanes) is 11. The molecule has 0 bridgehead atoms. The van der Waals surface area contributed by atoms with Crippen LogP contribution in [0, 0.1) is 0 Å². The van der Waals surface area contributed by atoms with Crippen LogP contribution in [0.4, 0.5) is 0 Å². The second-order valence-corrected chi connectivity index (χ2v) is 5.73. The Morgan fingerprint density at radius 3 is 1.67 bits per heavy atom. The van der Waals surface area contributed by atoms with Gasteiger partial charge in [-0.2, -0.15) is 0 Å². The molecule has 0 aliphatic rings. The molecule has 121 valence electrons. The first-order chi connectivity index (χ1) is 9.77. The van der Waals surface area contributed by atoms with Crippen molar-refractivity contribution < 1.29 is 42.6 Å². The predicted molar refractivity (Wildman–Crippen MR) is 87.1 cm³/mol. The monoisotopic (exact) mass is 371 g/mol. The van der Waals surface area contributed by atoms with Crippen molar-refractivity contribution in [3.63, 3.8) is 0 Å². The van der Waals surface area contributed by atoms with Crippen molar-refractivity contribution in [2.24, 2.45) is 0 Å². The Morgan fingerprint density at radius 1 is 0.762 bits per heavy atom. The van der Waals surface area contributed by atoms with Gasteiger partial charge in [-0.15, -0.1) is 0 Å². The molecule has 1 N–H and O–H groups in total. The van der Waals surface area contributed by atoms with E-state index in [9.17, 15) is 4.79 Å². The standard InChI is InChI=1S/C18H34O2.Y/c1-2-3-4-5-6-7-8-9-10-11-12-13-14-15-16-17-18(19)20;/h9-10H,2-8,11-17H2,1H3,(H,19,20);/b10-9-;. The molecule has 0 unspecified atom stereocenters. The Kier molecular flexibility index (Phi) is 22.8. The van der Waals surface area contributed by atoms with Gasteiger partial charge in [-0.3, -0.25) is 4.79 Å². The van der Waals surface area contributed by atoms with Crippen LogP contribution in [0.15, 0.2) is 12.2 Å². The number of aliphatic carboxylic acids is 1. The Hall–Kier alpha value is 0.314. The zero-order valence-corrected chi connectivity index (χ0v) is 16.8. The fourth-order valence-corrected chi connectivity index (χ4v) is 2.35. The molecule has 0 aromatic carbocycles. The first kappa shape index (κ1) is 23.6. The van der Waals surface area contributed by atoms with E-state index in [0.29, 0.717) is 6.42 Å². The molecule has 3 heteroatoms. The molecular formula is C18H34O2Y. The van der Waals surface area contributed by atoms with E-state index in [2.05, 4.69) is 19.1 Å². The van der Waals surface area contributed by atoms with E-state index >= 15 is 0 Å². The second kappa shape index (κ2) is 20.3. The molecule has 21 heavy (non-hydrogen) atoms. The van der Waals surface area contributed by atoms with Crippen LogP contribution in [-0.4, -0.2) is 11.1 Å². The summed E-state index contributed by atoms with van der Waals surface area (Å²) in [5, 5.41) is 8.51. The first-order valence-electron chi connectivity index (χ1n) is 8.64. The molecule has 0 saturated heterocycles. The van der Waals surface area contributed by atoms with Crippen molar-refractivity contribution in [2.75, 3.05) is 0 Å². The van der Waals surface area contributed by atoms with Gasteiger partial charge >= 0.3 is 5.97 Å². The molecule has 0 atom stereocenters. The van der Waals surface area contributed by atoms with Crippen molar-refractivity contribution in [1.29, 1.82) is 0 Å². The van der Waals surface area contributed by atoms with Gasteiger partial charge in [-0.05, 0) is 32.1 Å². The van der Waals surface area contributed by atoms with Crippen LogP contribution in [0.1, 0.15) is 96.8 Å². The summed E-state index contributed by atoms with van der Waals surface area (Å²) < 4.78 is 0. The van der Waals surface area contributed by atoms with Gasteiger partial charge in [0.05, 0.1) is 0 Å². The van der Waals surface area contributed by atoms with E-state index < -0.39 is 5.97 Å². The van der Waals surface area contributed by atoms with Crippen molar-refractivity contribution in [1.82, 2.24) is 0 Å². The minimum absolute atomic E-state index is 0. The molecule has 1 radical (unpaired) electrons. The van der Waals surface area contributed by atoms with Gasteiger partial charge in [0, 0.05) is 39.1 Å². The van der Waals surface area contributed by atoms with E-state index in [1.165, 1.54) is 70.6 Å². The molecule has 0 aromatic rings. The zero-order valence-electron chi connectivity index (χ0n) is 14.0. The number of hydrogen-bond donors (Lipinski definition) is 1. The SMILES string of the molecule is CCCCCCCC/C=C\CCCCCCCC(=O)O.[Y]. The quantitative estimate of drug-likeness (QED) is 0.279. The third-order valence-electron chi connectivity index (χ3n) is 3.65. The van der Waals surface area contributed by atoms with Gasteiger partial charge in [-0.1, -0.05) is 70.4 Å². The van der Waals surface area contributed by atoms with E-state index in [0.717, 1.165) is 12.8 Å². The average molecular weight is 371 g/mol. The van der Waals surface area contributed by atoms with Crippen LogP contribution < -0.4 is 0 Å². The number of carbonyl (C=O) groups is 1. The number of carboxylic acids is 1. The summed E-state index contributed by atoms with van der Waals surface area (Å²) >= 11 is 0. The summed E-state index contributed by atoms with van der Waals surface area (Å²) in [4.78, 5) is 10.3. The van der Waals surface area contributed by atoms with Gasteiger partial charge in [0.2, 0.25) is 0 Å². The van der Waals surface area contributed by atoms with Crippen molar-refractivity contribution in [2.45, 2.75) is 96.8 Å². The fraction of sp³-hybridized carbons (Fsp3) is 0.833. The molecule has 0 aliphatic carbocycles. The number of hydrogen-bond acceptors (Lipinski definition) is 1. The Morgan fingerprint density at radius 2 is 1.19 bits per heavy atom. The molecule has 0 rings (SSSR count). The number of rotatable bonds is 15. The molecule has 0 spiro atoms. The second-order valence-electron chi connectivity index (χ2n) is 5.73. The first-order valence-corrected chi connectivity index (χ1v) is 8.64. The topological polar surface area (TPSA) is 37.3 Å². The minimum atomic E-state index is -0.664. The van der Waals surface area contributed by atoms with Crippen LogP contribution in [0.5, 0.6) is 0 Å². The molecule has 0 aromatic heterocycles. The number of carboxylic acid groups (broad SMARTS) is 1. The summed E-state index contributed by atoms with van der Waals surface area (Å²) in [6.07, 6.45) is 21.2. The third kappa shape index (κ3) is 22.7. The summed E-state index contributed by atoms with van der Waals surface area (Å²) in [6, 6.07) is 0. The molecule has 0 saturated carbocycles. The molecule has 2 nitrogen and oxygen atoms in total. The fourth-order valence-electron chi connectivity index (χ4n) is 2.35. The van der Waals surface area contributed by atoms with Crippen LogP contribution >= 0.6 is 0 Å². The molecule has 0 amide bonds. The zero-order chi connectivity index (χ0) is 14.9. The third-order valence-corrected chi connectivity index (χ3v) is 3.65. The van der Waals surface area contributed by atoms with Crippen LogP contribution in [0.3, 0.4) is 0 Å². The molecule has 0 aliphatic heterocycles. The normalized spacial score (nSPS) is 10.7. The van der Waals surface area contributed by atoms with E-state index in [-0.39, 0.29) is 32.7 Å². The summed E-state index contributed by atoms with van der Waals surface area (Å²) in [7, 11) is 0. The van der Waals surface area contributed by atoms with E-state index in [4.69, 9.17) is 5.11 Å². The Bertz CT molecular complexity index is 239. The van der Waals surface area contributed by atoms with Gasteiger partial charge in [0.25, 0.3) is 0 Å². The summed E-state index contributed by atoms with van der Waals surface area (Å²) in [5.41, 5.74) is 0. The maximum Gasteiger partial charge on any atom is 0.303 e. The minimum Gasteiger partial charge on any atom is -0.481 e. The van der Waals surface area contributed by atoms with Crippen molar-refractivity contribution in [3.05, 3.63) is 12.2 Å². The van der Waals surface area contributed by atoms with Crippen LogP contribution in [-0.2, 0) is 37.5 Å².